The van der Waals surface area contributed by atoms with Crippen LogP contribution in [0.15, 0.2) is 46.1 Å². The van der Waals surface area contributed by atoms with E-state index in [1.807, 2.05) is 6.92 Å². The van der Waals surface area contributed by atoms with Crippen molar-refractivity contribution in [2.75, 3.05) is 12.3 Å². The third-order valence-corrected chi connectivity index (χ3v) is 4.51. The van der Waals surface area contributed by atoms with Gasteiger partial charge in [-0.05, 0) is 31.5 Å². The number of rotatable bonds is 8. The first-order chi connectivity index (χ1) is 11.6. The molecule has 1 N–H and O–H groups in total. The number of thioether (sulfide) groups is 1. The number of amides is 1. The Morgan fingerprint density at radius 3 is 2.67 bits per heavy atom. The van der Waals surface area contributed by atoms with E-state index in [4.69, 9.17) is 0 Å². The third-order valence-electron chi connectivity index (χ3n) is 3.50. The average molecular weight is 345 g/mol. The van der Waals surface area contributed by atoms with Gasteiger partial charge < -0.3 is 5.32 Å². The maximum Gasteiger partial charge on any atom is 0.271 e. The maximum atomic E-state index is 12.1. The van der Waals surface area contributed by atoms with E-state index in [0.717, 1.165) is 18.6 Å². The van der Waals surface area contributed by atoms with Crippen molar-refractivity contribution in [1.82, 2.24) is 15.1 Å². The summed E-state index contributed by atoms with van der Waals surface area (Å²) in [6.07, 6.45) is 1.84. The second-order valence-electron chi connectivity index (χ2n) is 5.55. The van der Waals surface area contributed by atoms with Crippen molar-refractivity contribution in [2.24, 2.45) is 0 Å². The van der Waals surface area contributed by atoms with Crippen molar-refractivity contribution in [1.29, 1.82) is 0 Å². The van der Waals surface area contributed by atoms with Gasteiger partial charge in [0.15, 0.2) is 0 Å². The summed E-state index contributed by atoms with van der Waals surface area (Å²) in [5, 5.41) is 6.99. The van der Waals surface area contributed by atoms with E-state index in [1.165, 1.54) is 27.3 Å². The Kier molecular flexibility index (Phi) is 7.06. The van der Waals surface area contributed by atoms with Crippen molar-refractivity contribution in [3.05, 3.63) is 58.0 Å². The number of carbonyl (C=O) groups excluding carboxylic acids is 1. The normalized spacial score (nSPS) is 10.6. The summed E-state index contributed by atoms with van der Waals surface area (Å²) in [4.78, 5) is 25.0. The van der Waals surface area contributed by atoms with Gasteiger partial charge >= 0.3 is 0 Å². The van der Waals surface area contributed by atoms with E-state index < -0.39 is 0 Å². The number of aromatic nitrogens is 2. The van der Waals surface area contributed by atoms with E-state index in [-0.39, 0.29) is 17.2 Å². The molecule has 0 bridgehead atoms. The molecule has 24 heavy (non-hydrogen) atoms. The topological polar surface area (TPSA) is 64.0 Å². The Labute approximate surface area is 146 Å². The molecule has 6 heteroatoms. The fourth-order valence-electron chi connectivity index (χ4n) is 2.10. The van der Waals surface area contributed by atoms with Gasteiger partial charge in [-0.15, -0.1) is 11.8 Å². The standard InChI is InChI=1S/C18H23N3O2S/c1-3-4-12-21-17(22)10-9-16(20-21)18(23)19-11-13-24-15-7-5-14(2)6-8-15/h5-10H,3-4,11-13H2,1-2H3,(H,19,23). The summed E-state index contributed by atoms with van der Waals surface area (Å²) in [6, 6.07) is 11.2. The predicted molar refractivity (Wildman–Crippen MR) is 97.6 cm³/mol. The van der Waals surface area contributed by atoms with Crippen LogP contribution in [0.2, 0.25) is 0 Å². The number of hydrogen-bond acceptors (Lipinski definition) is 4. The van der Waals surface area contributed by atoms with Gasteiger partial charge in [0.1, 0.15) is 5.69 Å². The number of unbranched alkanes of at least 4 members (excludes halogenated alkanes) is 1. The molecule has 2 aromatic rings. The van der Waals surface area contributed by atoms with Gasteiger partial charge in [-0.2, -0.15) is 5.10 Å². The first-order valence-electron chi connectivity index (χ1n) is 8.16. The van der Waals surface area contributed by atoms with Crippen LogP contribution in [0.3, 0.4) is 0 Å². The lowest BCUT2D eigenvalue weighted by molar-refractivity contribution is 0.0948. The monoisotopic (exact) mass is 345 g/mol. The SMILES string of the molecule is CCCCn1nc(C(=O)NCCSc2ccc(C)cc2)ccc1=O. The highest BCUT2D eigenvalue weighted by Crippen LogP contribution is 2.17. The first-order valence-corrected chi connectivity index (χ1v) is 9.14. The maximum absolute atomic E-state index is 12.1. The Hall–Kier alpha value is -2.08. The molecule has 0 saturated heterocycles. The summed E-state index contributed by atoms with van der Waals surface area (Å²) in [6.45, 7) is 5.20. The van der Waals surface area contributed by atoms with Crippen molar-refractivity contribution in [3.63, 3.8) is 0 Å². The second kappa shape index (κ2) is 9.27. The molecule has 0 aliphatic carbocycles. The fraction of sp³-hybridized carbons (Fsp3) is 0.389. The van der Waals surface area contributed by atoms with E-state index in [2.05, 4.69) is 41.6 Å². The van der Waals surface area contributed by atoms with Crippen molar-refractivity contribution in [2.45, 2.75) is 38.1 Å². The van der Waals surface area contributed by atoms with Crippen LogP contribution in [-0.2, 0) is 6.54 Å². The summed E-state index contributed by atoms with van der Waals surface area (Å²) in [7, 11) is 0. The molecule has 2 rings (SSSR count). The molecule has 0 atom stereocenters. The van der Waals surface area contributed by atoms with Gasteiger partial charge in [0.2, 0.25) is 0 Å². The molecule has 1 aromatic carbocycles. The fourth-order valence-corrected chi connectivity index (χ4v) is 2.86. The Morgan fingerprint density at radius 1 is 1.21 bits per heavy atom. The number of carbonyl (C=O) groups is 1. The molecule has 0 spiro atoms. The van der Waals surface area contributed by atoms with Crippen LogP contribution in [0.5, 0.6) is 0 Å². The number of aryl methyl sites for hydroxylation is 2. The summed E-state index contributed by atoms with van der Waals surface area (Å²) < 4.78 is 1.36. The largest absolute Gasteiger partial charge is 0.350 e. The molecular weight excluding hydrogens is 322 g/mol. The highest BCUT2D eigenvalue weighted by atomic mass is 32.2. The van der Waals surface area contributed by atoms with E-state index in [0.29, 0.717) is 13.1 Å². The molecule has 1 aromatic heterocycles. The molecule has 1 amide bonds. The molecule has 0 radical (unpaired) electrons. The lowest BCUT2D eigenvalue weighted by Gasteiger charge is -2.07. The van der Waals surface area contributed by atoms with Crippen LogP contribution in [0.1, 0.15) is 35.8 Å². The Morgan fingerprint density at radius 2 is 1.96 bits per heavy atom. The van der Waals surface area contributed by atoms with E-state index in [1.54, 1.807) is 11.8 Å². The zero-order valence-corrected chi connectivity index (χ0v) is 14.9. The highest BCUT2D eigenvalue weighted by Gasteiger charge is 2.09. The number of benzene rings is 1. The zero-order valence-electron chi connectivity index (χ0n) is 14.1. The molecule has 0 aliphatic heterocycles. The van der Waals surface area contributed by atoms with Crippen LogP contribution < -0.4 is 10.9 Å². The minimum atomic E-state index is -0.246. The lowest BCUT2D eigenvalue weighted by atomic mass is 10.2. The number of nitrogens with zero attached hydrogens (tertiary/aromatic N) is 2. The minimum absolute atomic E-state index is 0.171. The van der Waals surface area contributed by atoms with Crippen LogP contribution in [0.25, 0.3) is 0 Å². The van der Waals surface area contributed by atoms with Crippen LogP contribution in [0.4, 0.5) is 0 Å². The van der Waals surface area contributed by atoms with Crippen LogP contribution >= 0.6 is 11.8 Å². The molecule has 0 fully saturated rings. The zero-order chi connectivity index (χ0) is 17.4. The van der Waals surface area contributed by atoms with Gasteiger partial charge in [0, 0.05) is 29.8 Å². The Balaban J connectivity index is 1.83. The molecule has 128 valence electrons. The van der Waals surface area contributed by atoms with Crippen molar-refractivity contribution >= 4 is 17.7 Å². The first kappa shape index (κ1) is 18.3. The van der Waals surface area contributed by atoms with E-state index in [9.17, 15) is 9.59 Å². The second-order valence-corrected chi connectivity index (χ2v) is 6.72. The van der Waals surface area contributed by atoms with Crippen LogP contribution in [0, 0.1) is 6.92 Å². The summed E-state index contributed by atoms with van der Waals surface area (Å²) in [5.74, 6) is 0.536. The number of nitrogens with one attached hydrogen (secondary N) is 1. The molecule has 1 heterocycles. The van der Waals surface area contributed by atoms with Crippen LogP contribution in [-0.4, -0.2) is 28.0 Å². The molecular formula is C18H23N3O2S. The van der Waals surface area contributed by atoms with Gasteiger partial charge in [-0.25, -0.2) is 4.68 Å². The smallest absolute Gasteiger partial charge is 0.271 e. The third kappa shape index (κ3) is 5.53. The van der Waals surface area contributed by atoms with E-state index >= 15 is 0 Å². The Bertz CT molecular complexity index is 726. The predicted octanol–water partition coefficient (Wildman–Crippen LogP) is 2.87. The van der Waals surface area contributed by atoms with Crippen molar-refractivity contribution in [3.8, 4) is 0 Å². The van der Waals surface area contributed by atoms with Gasteiger partial charge in [-0.1, -0.05) is 31.0 Å². The minimum Gasteiger partial charge on any atom is -0.350 e. The quantitative estimate of drug-likeness (QED) is 0.590. The molecule has 5 nitrogen and oxygen atoms in total. The molecule has 0 unspecified atom stereocenters. The van der Waals surface area contributed by atoms with Gasteiger partial charge in [0.05, 0.1) is 0 Å². The van der Waals surface area contributed by atoms with Gasteiger partial charge in [-0.3, -0.25) is 9.59 Å². The molecule has 0 saturated carbocycles. The summed E-state index contributed by atoms with van der Waals surface area (Å²) >= 11 is 1.69. The highest BCUT2D eigenvalue weighted by molar-refractivity contribution is 7.99. The number of hydrogen-bond donors (Lipinski definition) is 1. The lowest BCUT2D eigenvalue weighted by Crippen LogP contribution is -2.30. The average Bonchev–Trinajstić information content (AvgIpc) is 2.59. The molecule has 0 aliphatic rings. The summed E-state index contributed by atoms with van der Waals surface area (Å²) in [5.41, 5.74) is 1.35. The van der Waals surface area contributed by atoms with Gasteiger partial charge in [0.25, 0.3) is 11.5 Å². The van der Waals surface area contributed by atoms with Crippen molar-refractivity contribution < 1.29 is 4.79 Å².